The summed E-state index contributed by atoms with van der Waals surface area (Å²) in [5, 5.41) is 10.9. The van der Waals surface area contributed by atoms with E-state index in [1.807, 2.05) is 0 Å². The van der Waals surface area contributed by atoms with Crippen LogP contribution in [0.5, 0.6) is 6.01 Å². The Bertz CT molecular complexity index is 1280. The van der Waals surface area contributed by atoms with Crippen molar-refractivity contribution in [3.63, 3.8) is 0 Å². The lowest BCUT2D eigenvalue weighted by Gasteiger charge is -2.23. The Balaban J connectivity index is 1.38. The molecule has 1 amide bonds. The van der Waals surface area contributed by atoms with Crippen LogP contribution in [0.25, 0.3) is 11.1 Å². The minimum absolute atomic E-state index is 0.134. The molecule has 2 aliphatic rings. The predicted octanol–water partition coefficient (Wildman–Crippen LogP) is 3.36. The van der Waals surface area contributed by atoms with Gasteiger partial charge in [-0.1, -0.05) is 30.8 Å². The molecule has 2 unspecified atom stereocenters. The standard InChI is InChI=1S/C23H20FN5O5/c1-2-23(13-27-12-20(29(31)32)26-21(27)34-23)15-5-3-14(4-6-15)18-8-7-16(9-19(18)24)28-11-17(10-25)33-22(28)30/h2-9,12,17H,1,10-11,13,25H2. The number of ether oxygens (including phenoxy) is 2. The number of nitrogens with zero attached hydrogens (tertiary/aromatic N) is 4. The molecule has 3 heterocycles. The number of cyclic esters (lactones) is 1. The third-order valence-electron chi connectivity index (χ3n) is 6.01. The molecule has 1 saturated heterocycles. The highest BCUT2D eigenvalue weighted by molar-refractivity contribution is 5.90. The number of halogens is 1. The van der Waals surface area contributed by atoms with E-state index in [9.17, 15) is 19.3 Å². The average molecular weight is 465 g/mol. The number of imidazole rings is 1. The van der Waals surface area contributed by atoms with Gasteiger partial charge in [0.05, 0.1) is 18.8 Å². The van der Waals surface area contributed by atoms with Crippen molar-refractivity contribution in [2.45, 2.75) is 18.2 Å². The zero-order chi connectivity index (χ0) is 24.0. The van der Waals surface area contributed by atoms with Crippen molar-refractivity contribution in [1.82, 2.24) is 9.55 Å². The Labute approximate surface area is 193 Å². The van der Waals surface area contributed by atoms with Crippen LogP contribution < -0.4 is 15.4 Å². The van der Waals surface area contributed by atoms with Crippen molar-refractivity contribution in [3.05, 3.63) is 82.8 Å². The number of amides is 1. The zero-order valence-corrected chi connectivity index (χ0v) is 17.9. The van der Waals surface area contributed by atoms with Crippen molar-refractivity contribution in [2.24, 2.45) is 5.73 Å². The molecule has 0 saturated carbocycles. The number of benzene rings is 2. The third-order valence-corrected chi connectivity index (χ3v) is 6.01. The molecule has 0 radical (unpaired) electrons. The fraction of sp³-hybridized carbons (Fsp3) is 0.217. The smallest absolute Gasteiger partial charge is 0.415 e. The molecule has 11 heteroatoms. The predicted molar refractivity (Wildman–Crippen MR) is 120 cm³/mol. The van der Waals surface area contributed by atoms with Gasteiger partial charge in [0.25, 0.3) is 0 Å². The molecule has 2 atom stereocenters. The van der Waals surface area contributed by atoms with Crippen LogP contribution in [0.3, 0.4) is 0 Å². The second kappa shape index (κ2) is 7.96. The van der Waals surface area contributed by atoms with Crippen LogP contribution in [0.4, 0.5) is 20.7 Å². The van der Waals surface area contributed by atoms with E-state index in [0.29, 0.717) is 16.8 Å². The quantitative estimate of drug-likeness (QED) is 0.336. The number of hydrogen-bond acceptors (Lipinski definition) is 7. The molecular formula is C23H20FN5O5. The molecule has 34 heavy (non-hydrogen) atoms. The summed E-state index contributed by atoms with van der Waals surface area (Å²) < 4.78 is 27.6. The molecule has 2 N–H and O–H groups in total. The van der Waals surface area contributed by atoms with E-state index >= 15 is 0 Å². The van der Waals surface area contributed by atoms with Crippen LogP contribution in [0.2, 0.25) is 0 Å². The Morgan fingerprint density at radius 2 is 2.09 bits per heavy atom. The number of carbonyl (C=O) groups is 1. The molecule has 1 aromatic heterocycles. The molecule has 0 bridgehead atoms. The monoisotopic (exact) mass is 465 g/mol. The summed E-state index contributed by atoms with van der Waals surface area (Å²) in [6.45, 7) is 4.60. The van der Waals surface area contributed by atoms with E-state index in [4.69, 9.17) is 15.2 Å². The van der Waals surface area contributed by atoms with Gasteiger partial charge >= 0.3 is 17.9 Å². The largest absolute Gasteiger partial charge is 0.443 e. The number of carbonyl (C=O) groups excluding carboxylic acids is 1. The van der Waals surface area contributed by atoms with Gasteiger partial charge in [-0.25, -0.2) is 9.18 Å². The number of nitro groups is 1. The zero-order valence-electron chi connectivity index (χ0n) is 17.9. The summed E-state index contributed by atoms with van der Waals surface area (Å²) in [6.07, 6.45) is 1.96. The van der Waals surface area contributed by atoms with E-state index in [-0.39, 0.29) is 31.5 Å². The van der Waals surface area contributed by atoms with Crippen molar-refractivity contribution in [2.75, 3.05) is 18.0 Å². The second-order valence-corrected chi connectivity index (χ2v) is 8.06. The maximum Gasteiger partial charge on any atom is 0.415 e. The van der Waals surface area contributed by atoms with Crippen molar-refractivity contribution in [3.8, 4) is 17.1 Å². The van der Waals surface area contributed by atoms with Gasteiger partial charge < -0.3 is 25.3 Å². The average Bonchev–Trinajstić information content (AvgIpc) is 3.50. The lowest BCUT2D eigenvalue weighted by atomic mass is 9.92. The lowest BCUT2D eigenvalue weighted by Crippen LogP contribution is -2.29. The summed E-state index contributed by atoms with van der Waals surface area (Å²) in [5.74, 6) is -0.778. The van der Waals surface area contributed by atoms with E-state index in [2.05, 4.69) is 11.6 Å². The van der Waals surface area contributed by atoms with Gasteiger partial charge in [-0.2, -0.15) is 0 Å². The second-order valence-electron chi connectivity index (χ2n) is 8.06. The van der Waals surface area contributed by atoms with Gasteiger partial charge in [-0.05, 0) is 34.8 Å². The first-order valence-corrected chi connectivity index (χ1v) is 10.5. The molecular weight excluding hydrogens is 445 g/mol. The van der Waals surface area contributed by atoms with Crippen LogP contribution in [-0.4, -0.2) is 39.8 Å². The topological polar surface area (TPSA) is 126 Å². The number of fused-ring (bicyclic) bond motifs is 1. The first-order chi connectivity index (χ1) is 16.3. The molecule has 0 spiro atoms. The summed E-state index contributed by atoms with van der Waals surface area (Å²) in [5.41, 5.74) is 6.73. The molecule has 3 aromatic rings. The number of nitrogens with two attached hydrogens (primary N) is 1. The van der Waals surface area contributed by atoms with Crippen LogP contribution in [0.1, 0.15) is 5.56 Å². The van der Waals surface area contributed by atoms with Gasteiger partial charge in [0.1, 0.15) is 18.1 Å². The number of aromatic nitrogens is 2. The highest BCUT2D eigenvalue weighted by Gasteiger charge is 2.43. The lowest BCUT2D eigenvalue weighted by molar-refractivity contribution is -0.389. The molecule has 0 aliphatic carbocycles. The third kappa shape index (κ3) is 3.46. The highest BCUT2D eigenvalue weighted by atomic mass is 19.1. The molecule has 5 rings (SSSR count). The van der Waals surface area contributed by atoms with Gasteiger partial charge in [-0.15, -0.1) is 0 Å². The van der Waals surface area contributed by atoms with Crippen molar-refractivity contribution >= 4 is 17.6 Å². The summed E-state index contributed by atoms with van der Waals surface area (Å²) in [7, 11) is 0. The maximum absolute atomic E-state index is 15.0. The van der Waals surface area contributed by atoms with E-state index in [1.54, 1.807) is 47.0 Å². The first kappa shape index (κ1) is 21.6. The summed E-state index contributed by atoms with van der Waals surface area (Å²) in [4.78, 5) is 27.6. The Hall–Kier alpha value is -4.25. The summed E-state index contributed by atoms with van der Waals surface area (Å²) >= 11 is 0. The fourth-order valence-electron chi connectivity index (χ4n) is 4.18. The molecule has 1 fully saturated rings. The van der Waals surface area contributed by atoms with Crippen molar-refractivity contribution in [1.29, 1.82) is 0 Å². The minimum atomic E-state index is -0.950. The first-order valence-electron chi connectivity index (χ1n) is 10.5. The Morgan fingerprint density at radius 1 is 1.32 bits per heavy atom. The van der Waals surface area contributed by atoms with Crippen LogP contribution in [-0.2, 0) is 16.9 Å². The molecule has 2 aromatic carbocycles. The van der Waals surface area contributed by atoms with E-state index < -0.39 is 28.5 Å². The van der Waals surface area contributed by atoms with E-state index in [0.717, 1.165) is 5.56 Å². The van der Waals surface area contributed by atoms with Gasteiger partial charge in [0.2, 0.25) is 0 Å². The van der Waals surface area contributed by atoms with E-state index in [1.165, 1.54) is 17.2 Å². The normalized spacial score (nSPS) is 21.2. The van der Waals surface area contributed by atoms with Gasteiger partial charge in [0, 0.05) is 22.7 Å². The Morgan fingerprint density at radius 3 is 2.68 bits per heavy atom. The highest BCUT2D eigenvalue weighted by Crippen LogP contribution is 2.39. The minimum Gasteiger partial charge on any atom is -0.443 e. The van der Waals surface area contributed by atoms with Gasteiger partial charge in [-0.3, -0.25) is 9.47 Å². The van der Waals surface area contributed by atoms with Crippen LogP contribution in [0, 0.1) is 15.9 Å². The molecule has 2 aliphatic heterocycles. The van der Waals surface area contributed by atoms with Gasteiger partial charge in [0.15, 0.2) is 5.60 Å². The number of hydrogen-bond donors (Lipinski definition) is 1. The number of rotatable bonds is 6. The van der Waals surface area contributed by atoms with Crippen LogP contribution >= 0.6 is 0 Å². The molecule has 10 nitrogen and oxygen atoms in total. The maximum atomic E-state index is 15.0. The Kier molecular flexibility index (Phi) is 5.05. The SMILES string of the molecule is C=CC1(c2ccc(-c3ccc(N4CC(CN)OC4=O)cc3F)cc2)Cn2cc([N+](=O)[O-])nc2O1. The van der Waals surface area contributed by atoms with Crippen molar-refractivity contribution < 1.29 is 23.6 Å². The van der Waals surface area contributed by atoms with Crippen LogP contribution in [0.15, 0.2) is 61.3 Å². The number of anilines is 1. The molecule has 174 valence electrons. The fourth-order valence-corrected chi connectivity index (χ4v) is 4.18. The summed E-state index contributed by atoms with van der Waals surface area (Å²) in [6, 6.07) is 11.8.